The van der Waals surface area contributed by atoms with E-state index in [4.69, 9.17) is 4.99 Å². The molecule has 0 saturated carbocycles. The second-order valence-electron chi connectivity index (χ2n) is 5.98. The highest BCUT2D eigenvalue weighted by Gasteiger charge is 2.07. The van der Waals surface area contributed by atoms with E-state index in [1.807, 2.05) is 22.9 Å². The summed E-state index contributed by atoms with van der Waals surface area (Å²) in [7, 11) is 0. The highest BCUT2D eigenvalue weighted by molar-refractivity contribution is 7.10. The van der Waals surface area contributed by atoms with Gasteiger partial charge in [0.15, 0.2) is 5.96 Å². The van der Waals surface area contributed by atoms with Gasteiger partial charge in [-0.2, -0.15) is 0 Å². The highest BCUT2D eigenvalue weighted by atomic mass is 32.1. The van der Waals surface area contributed by atoms with Gasteiger partial charge >= 0.3 is 0 Å². The first-order chi connectivity index (χ1) is 12.8. The van der Waals surface area contributed by atoms with Gasteiger partial charge in [0.1, 0.15) is 12.1 Å². The number of thiophene rings is 1. The molecule has 1 unspecified atom stereocenters. The largest absolute Gasteiger partial charge is 0.357 e. The zero-order valence-electron chi connectivity index (χ0n) is 15.1. The van der Waals surface area contributed by atoms with Crippen LogP contribution in [-0.4, -0.2) is 33.6 Å². The van der Waals surface area contributed by atoms with Gasteiger partial charge in [0.05, 0.1) is 6.54 Å². The van der Waals surface area contributed by atoms with E-state index in [2.05, 4.69) is 52.0 Å². The summed E-state index contributed by atoms with van der Waals surface area (Å²) < 4.78 is 1.89. The van der Waals surface area contributed by atoms with Crippen LogP contribution in [0.4, 0.5) is 0 Å². The van der Waals surface area contributed by atoms with Crippen LogP contribution in [0, 0.1) is 0 Å². The third kappa shape index (κ3) is 4.92. The van der Waals surface area contributed by atoms with E-state index < -0.39 is 0 Å². The average Bonchev–Trinajstić information content (AvgIpc) is 3.38. The number of nitrogens with zero attached hydrogens (tertiary/aromatic N) is 4. The zero-order chi connectivity index (χ0) is 18.2. The number of imidazole rings is 1. The molecule has 0 fully saturated rings. The van der Waals surface area contributed by atoms with E-state index >= 15 is 0 Å². The third-order valence-corrected chi connectivity index (χ3v) is 5.05. The first kappa shape index (κ1) is 18.1. The van der Waals surface area contributed by atoms with Crippen molar-refractivity contribution in [1.82, 2.24) is 25.2 Å². The number of guanidine groups is 1. The number of aliphatic imine (C=N–C) groups is 1. The van der Waals surface area contributed by atoms with E-state index in [-0.39, 0.29) is 0 Å². The molecule has 0 aliphatic carbocycles. The van der Waals surface area contributed by atoms with E-state index in [0.29, 0.717) is 12.5 Å². The molecule has 0 amide bonds. The second-order valence-corrected chi connectivity index (χ2v) is 6.96. The average molecular weight is 369 g/mol. The molecule has 3 aromatic rings. The Kier molecular flexibility index (Phi) is 6.38. The number of aromatic nitrogens is 3. The van der Waals surface area contributed by atoms with Crippen molar-refractivity contribution in [3.05, 3.63) is 65.0 Å². The SMILES string of the molecule is CCNC(=NCc1ccnc(-n2ccnc2)c1)NCC(C)c1cccs1. The van der Waals surface area contributed by atoms with Crippen molar-refractivity contribution in [2.75, 3.05) is 13.1 Å². The van der Waals surface area contributed by atoms with Gasteiger partial charge in [0.2, 0.25) is 0 Å². The molecule has 3 rings (SSSR count). The molecule has 136 valence electrons. The molecule has 6 nitrogen and oxygen atoms in total. The van der Waals surface area contributed by atoms with Gasteiger partial charge in [0.25, 0.3) is 0 Å². The molecule has 0 aliphatic rings. The van der Waals surface area contributed by atoms with Crippen LogP contribution >= 0.6 is 11.3 Å². The smallest absolute Gasteiger partial charge is 0.191 e. The maximum absolute atomic E-state index is 4.70. The summed E-state index contributed by atoms with van der Waals surface area (Å²) in [5.74, 6) is 2.13. The van der Waals surface area contributed by atoms with Crippen LogP contribution in [-0.2, 0) is 6.54 Å². The minimum absolute atomic E-state index is 0.452. The van der Waals surface area contributed by atoms with E-state index in [1.165, 1.54) is 4.88 Å². The molecule has 2 N–H and O–H groups in total. The van der Waals surface area contributed by atoms with Crippen molar-refractivity contribution >= 4 is 17.3 Å². The molecular weight excluding hydrogens is 344 g/mol. The maximum atomic E-state index is 4.70. The third-order valence-electron chi connectivity index (χ3n) is 3.95. The summed E-state index contributed by atoms with van der Waals surface area (Å²) in [4.78, 5) is 14.5. The highest BCUT2D eigenvalue weighted by Crippen LogP contribution is 2.19. The molecule has 0 bridgehead atoms. The Morgan fingerprint density at radius 2 is 2.23 bits per heavy atom. The van der Waals surface area contributed by atoms with Crippen LogP contribution in [0.2, 0.25) is 0 Å². The van der Waals surface area contributed by atoms with Crippen LogP contribution in [0.1, 0.15) is 30.2 Å². The number of rotatable bonds is 7. The lowest BCUT2D eigenvalue weighted by molar-refractivity contribution is 0.709. The van der Waals surface area contributed by atoms with Gasteiger partial charge in [-0.3, -0.25) is 4.57 Å². The Morgan fingerprint density at radius 1 is 1.31 bits per heavy atom. The second kappa shape index (κ2) is 9.15. The standard InChI is InChI=1S/C19H24N6S/c1-3-21-19(23-12-15(2)17-5-4-10-26-17)24-13-16-6-7-22-18(11-16)25-9-8-20-14-25/h4-11,14-15H,3,12-13H2,1-2H3,(H2,21,23,24). The van der Waals surface area contributed by atoms with E-state index in [1.54, 1.807) is 30.1 Å². The quantitative estimate of drug-likeness (QED) is 0.496. The molecule has 26 heavy (non-hydrogen) atoms. The van der Waals surface area contributed by atoms with Crippen molar-refractivity contribution in [2.24, 2.45) is 4.99 Å². The number of hydrogen-bond acceptors (Lipinski definition) is 4. The molecule has 3 aromatic heterocycles. The number of pyridine rings is 1. The lowest BCUT2D eigenvalue weighted by atomic mass is 10.1. The van der Waals surface area contributed by atoms with Crippen LogP contribution in [0.5, 0.6) is 0 Å². The van der Waals surface area contributed by atoms with Gasteiger partial charge in [-0.05, 0) is 36.1 Å². The molecule has 7 heteroatoms. The van der Waals surface area contributed by atoms with Crippen molar-refractivity contribution in [2.45, 2.75) is 26.3 Å². The molecule has 0 aromatic carbocycles. The van der Waals surface area contributed by atoms with Crippen LogP contribution < -0.4 is 10.6 Å². The topological polar surface area (TPSA) is 67.1 Å². The fourth-order valence-electron chi connectivity index (χ4n) is 2.53. The molecular formula is C19H24N6S. The van der Waals surface area contributed by atoms with Crippen LogP contribution in [0.15, 0.2) is 59.6 Å². The summed E-state index contributed by atoms with van der Waals surface area (Å²) >= 11 is 1.79. The summed E-state index contributed by atoms with van der Waals surface area (Å²) in [6, 6.07) is 8.29. The molecule has 0 radical (unpaired) electrons. The predicted octanol–water partition coefficient (Wildman–Crippen LogP) is 3.19. The van der Waals surface area contributed by atoms with E-state index in [9.17, 15) is 0 Å². The lowest BCUT2D eigenvalue weighted by Gasteiger charge is -2.15. The maximum Gasteiger partial charge on any atom is 0.191 e. The normalized spacial score (nSPS) is 12.8. The Hall–Kier alpha value is -2.67. The van der Waals surface area contributed by atoms with Gasteiger partial charge in [-0.15, -0.1) is 11.3 Å². The van der Waals surface area contributed by atoms with Crippen molar-refractivity contribution in [3.63, 3.8) is 0 Å². The Morgan fingerprint density at radius 3 is 2.96 bits per heavy atom. The lowest BCUT2D eigenvalue weighted by Crippen LogP contribution is -2.39. The van der Waals surface area contributed by atoms with Crippen LogP contribution in [0.25, 0.3) is 5.82 Å². The predicted molar refractivity (Wildman–Crippen MR) is 107 cm³/mol. The van der Waals surface area contributed by atoms with Gasteiger partial charge in [0, 0.05) is 42.5 Å². The molecule has 3 heterocycles. The summed E-state index contributed by atoms with van der Waals surface area (Å²) in [6.45, 7) is 6.57. The zero-order valence-corrected chi connectivity index (χ0v) is 15.9. The molecule has 0 spiro atoms. The molecule has 0 aliphatic heterocycles. The van der Waals surface area contributed by atoms with Gasteiger partial charge < -0.3 is 10.6 Å². The summed E-state index contributed by atoms with van der Waals surface area (Å²) in [5.41, 5.74) is 1.10. The Bertz CT molecular complexity index is 810. The van der Waals surface area contributed by atoms with Crippen molar-refractivity contribution < 1.29 is 0 Å². The Labute approximate surface area is 158 Å². The van der Waals surface area contributed by atoms with Gasteiger partial charge in [-0.1, -0.05) is 13.0 Å². The fraction of sp³-hybridized carbons (Fsp3) is 0.316. The molecule has 0 saturated heterocycles. The number of nitrogens with one attached hydrogen (secondary N) is 2. The van der Waals surface area contributed by atoms with Crippen LogP contribution in [0.3, 0.4) is 0 Å². The minimum Gasteiger partial charge on any atom is -0.357 e. The summed E-state index contributed by atoms with van der Waals surface area (Å²) in [5, 5.41) is 8.86. The number of hydrogen-bond donors (Lipinski definition) is 2. The van der Waals surface area contributed by atoms with Crippen molar-refractivity contribution in [3.8, 4) is 5.82 Å². The first-order valence-electron chi connectivity index (χ1n) is 8.75. The fourth-order valence-corrected chi connectivity index (χ4v) is 3.32. The molecule has 1 atom stereocenters. The Balaban J connectivity index is 1.63. The minimum atomic E-state index is 0.452. The summed E-state index contributed by atoms with van der Waals surface area (Å²) in [6.07, 6.45) is 7.17. The van der Waals surface area contributed by atoms with Gasteiger partial charge in [-0.25, -0.2) is 15.0 Å². The van der Waals surface area contributed by atoms with E-state index in [0.717, 1.165) is 30.4 Å². The van der Waals surface area contributed by atoms with Crippen molar-refractivity contribution in [1.29, 1.82) is 0 Å². The first-order valence-corrected chi connectivity index (χ1v) is 9.63. The monoisotopic (exact) mass is 368 g/mol.